The van der Waals surface area contributed by atoms with Crippen LogP contribution in [0.25, 0.3) is 11.0 Å². The molecule has 24 heavy (non-hydrogen) atoms. The van der Waals surface area contributed by atoms with Gasteiger partial charge in [-0.25, -0.2) is 4.98 Å². The van der Waals surface area contributed by atoms with E-state index >= 15 is 0 Å². The number of imidazole rings is 1. The fraction of sp³-hybridized carbons (Fsp3) is 0.0714. The highest BCUT2D eigenvalue weighted by Gasteiger charge is 2.16. The number of benzene rings is 2. The van der Waals surface area contributed by atoms with E-state index in [-0.39, 0.29) is 11.4 Å². The Balaban J connectivity index is 1.84. The van der Waals surface area contributed by atoms with Crippen molar-refractivity contribution in [1.29, 1.82) is 0 Å². The largest absolute Gasteiger partial charge is 0.333 e. The lowest BCUT2D eigenvalue weighted by atomic mass is 10.2. The molecule has 0 bridgehead atoms. The maximum absolute atomic E-state index is 10.9. The molecule has 1 N–H and O–H groups in total. The SMILES string of the molecule is O=[N+]([O-])c1cc(CSc2nc3ccc(I)cc3[nH]2)cc([N+](=O)[O-])c1. The maximum atomic E-state index is 10.9. The van der Waals surface area contributed by atoms with Crippen molar-refractivity contribution < 1.29 is 9.85 Å². The Kier molecular flexibility index (Phi) is 4.66. The summed E-state index contributed by atoms with van der Waals surface area (Å²) < 4.78 is 1.08. The summed E-state index contributed by atoms with van der Waals surface area (Å²) in [6.07, 6.45) is 0. The molecule has 3 rings (SSSR count). The standard InChI is InChI=1S/C14H9IN4O4S/c15-9-1-2-12-13(5-9)17-14(16-12)24-7-8-3-10(18(20)21)6-11(4-8)19(22)23/h1-6H,7H2,(H,16,17). The Morgan fingerprint density at radius 3 is 2.38 bits per heavy atom. The number of hydrogen-bond donors (Lipinski definition) is 1. The third kappa shape index (κ3) is 3.64. The van der Waals surface area contributed by atoms with Gasteiger partial charge in [0.05, 0.1) is 26.9 Å². The van der Waals surface area contributed by atoms with Gasteiger partial charge in [0.15, 0.2) is 5.16 Å². The Morgan fingerprint density at radius 1 is 1.08 bits per heavy atom. The van der Waals surface area contributed by atoms with E-state index in [1.54, 1.807) is 0 Å². The van der Waals surface area contributed by atoms with Crippen LogP contribution in [0.2, 0.25) is 0 Å². The van der Waals surface area contributed by atoms with Gasteiger partial charge in [0.2, 0.25) is 0 Å². The van der Waals surface area contributed by atoms with E-state index in [1.165, 1.54) is 23.9 Å². The van der Waals surface area contributed by atoms with Gasteiger partial charge in [0, 0.05) is 21.5 Å². The molecule has 0 saturated heterocycles. The number of aromatic nitrogens is 2. The van der Waals surface area contributed by atoms with Gasteiger partial charge >= 0.3 is 0 Å². The molecule has 0 aliphatic carbocycles. The normalized spacial score (nSPS) is 10.9. The fourth-order valence-electron chi connectivity index (χ4n) is 2.13. The summed E-state index contributed by atoms with van der Waals surface area (Å²) in [5, 5.41) is 22.5. The third-order valence-electron chi connectivity index (χ3n) is 3.18. The molecule has 0 spiro atoms. The van der Waals surface area contributed by atoms with Crippen molar-refractivity contribution in [3.05, 3.63) is 65.8 Å². The van der Waals surface area contributed by atoms with E-state index in [0.717, 1.165) is 20.7 Å². The molecule has 0 atom stereocenters. The van der Waals surface area contributed by atoms with Crippen molar-refractivity contribution >= 4 is 56.8 Å². The van der Waals surface area contributed by atoms with Crippen LogP contribution in [0.4, 0.5) is 11.4 Å². The molecule has 0 unspecified atom stereocenters. The zero-order chi connectivity index (χ0) is 17.3. The number of fused-ring (bicyclic) bond motifs is 1. The number of hydrogen-bond acceptors (Lipinski definition) is 6. The van der Waals surface area contributed by atoms with Crippen LogP contribution in [-0.4, -0.2) is 19.8 Å². The van der Waals surface area contributed by atoms with Crippen molar-refractivity contribution in [3.8, 4) is 0 Å². The van der Waals surface area contributed by atoms with E-state index in [1.807, 2.05) is 18.2 Å². The van der Waals surface area contributed by atoms with Crippen LogP contribution in [-0.2, 0) is 5.75 Å². The molecule has 0 saturated carbocycles. The van der Waals surface area contributed by atoms with E-state index in [2.05, 4.69) is 32.6 Å². The zero-order valence-corrected chi connectivity index (χ0v) is 14.9. The van der Waals surface area contributed by atoms with E-state index < -0.39 is 9.85 Å². The van der Waals surface area contributed by atoms with Gasteiger partial charge in [-0.3, -0.25) is 20.2 Å². The molecule has 1 aromatic heterocycles. The van der Waals surface area contributed by atoms with Crippen molar-refractivity contribution in [1.82, 2.24) is 9.97 Å². The van der Waals surface area contributed by atoms with E-state index in [0.29, 0.717) is 16.5 Å². The average Bonchev–Trinajstić information content (AvgIpc) is 2.94. The number of thioether (sulfide) groups is 1. The Bertz CT molecular complexity index is 927. The summed E-state index contributed by atoms with van der Waals surface area (Å²) in [6.45, 7) is 0. The van der Waals surface area contributed by atoms with Gasteiger partial charge in [-0.05, 0) is 46.4 Å². The van der Waals surface area contributed by atoms with Crippen LogP contribution >= 0.6 is 34.4 Å². The number of nitro benzene ring substituents is 2. The minimum Gasteiger partial charge on any atom is -0.333 e. The molecule has 0 aliphatic heterocycles. The molecular weight excluding hydrogens is 447 g/mol. The maximum Gasteiger partial charge on any atom is 0.276 e. The third-order valence-corrected chi connectivity index (χ3v) is 4.80. The molecule has 10 heteroatoms. The second-order valence-corrected chi connectivity index (χ2v) is 7.07. The molecule has 122 valence electrons. The van der Waals surface area contributed by atoms with Crippen LogP contribution in [0, 0.1) is 23.8 Å². The highest BCUT2D eigenvalue weighted by Crippen LogP contribution is 2.28. The molecule has 1 heterocycles. The van der Waals surface area contributed by atoms with Gasteiger partial charge in [-0.2, -0.15) is 0 Å². The summed E-state index contributed by atoms with van der Waals surface area (Å²) in [4.78, 5) is 28.1. The van der Waals surface area contributed by atoms with Gasteiger partial charge in [0.25, 0.3) is 11.4 Å². The van der Waals surface area contributed by atoms with Crippen molar-refractivity contribution in [2.75, 3.05) is 0 Å². The molecule has 8 nitrogen and oxygen atoms in total. The highest BCUT2D eigenvalue weighted by molar-refractivity contribution is 14.1. The molecule has 3 aromatic rings. The summed E-state index contributed by atoms with van der Waals surface area (Å²) in [6, 6.07) is 9.44. The van der Waals surface area contributed by atoms with Crippen molar-refractivity contribution in [2.45, 2.75) is 10.9 Å². The monoisotopic (exact) mass is 456 g/mol. The van der Waals surface area contributed by atoms with Crippen LogP contribution in [0.3, 0.4) is 0 Å². The van der Waals surface area contributed by atoms with E-state index in [4.69, 9.17) is 0 Å². The second kappa shape index (κ2) is 6.73. The fourth-order valence-corrected chi connectivity index (χ4v) is 3.44. The lowest BCUT2D eigenvalue weighted by Gasteiger charge is -2.00. The number of H-pyrrole nitrogens is 1. The topological polar surface area (TPSA) is 115 Å². The first-order valence-electron chi connectivity index (χ1n) is 6.63. The average molecular weight is 456 g/mol. The lowest BCUT2D eigenvalue weighted by Crippen LogP contribution is -1.95. The van der Waals surface area contributed by atoms with Crippen molar-refractivity contribution in [2.24, 2.45) is 0 Å². The zero-order valence-electron chi connectivity index (χ0n) is 11.9. The number of nitrogens with one attached hydrogen (secondary N) is 1. The molecule has 0 amide bonds. The minimum absolute atomic E-state index is 0.293. The first-order valence-corrected chi connectivity index (χ1v) is 8.69. The molecule has 2 aromatic carbocycles. The van der Waals surface area contributed by atoms with Gasteiger partial charge in [0.1, 0.15) is 0 Å². The highest BCUT2D eigenvalue weighted by atomic mass is 127. The van der Waals surface area contributed by atoms with Gasteiger partial charge < -0.3 is 4.98 Å². The van der Waals surface area contributed by atoms with Gasteiger partial charge in [-0.15, -0.1) is 0 Å². The van der Waals surface area contributed by atoms with Crippen molar-refractivity contribution in [3.63, 3.8) is 0 Å². The summed E-state index contributed by atoms with van der Waals surface area (Å²) in [7, 11) is 0. The number of non-ortho nitro benzene ring substituents is 2. The number of nitro groups is 2. The predicted molar refractivity (Wildman–Crippen MR) is 98.1 cm³/mol. The van der Waals surface area contributed by atoms with Crippen LogP contribution in [0.15, 0.2) is 41.6 Å². The molecule has 0 radical (unpaired) electrons. The van der Waals surface area contributed by atoms with Crippen LogP contribution < -0.4 is 0 Å². The summed E-state index contributed by atoms with van der Waals surface area (Å²) in [5.74, 6) is 0.333. The number of aromatic amines is 1. The smallest absolute Gasteiger partial charge is 0.276 e. The quantitative estimate of drug-likeness (QED) is 0.265. The number of halogens is 1. The van der Waals surface area contributed by atoms with E-state index in [9.17, 15) is 20.2 Å². The molecule has 0 fully saturated rings. The number of nitrogens with zero attached hydrogens (tertiary/aromatic N) is 3. The Hall–Kier alpha value is -2.21. The first-order chi connectivity index (χ1) is 11.4. The minimum atomic E-state index is -0.635. The van der Waals surface area contributed by atoms with Crippen LogP contribution in [0.5, 0.6) is 0 Å². The number of rotatable bonds is 5. The first kappa shape index (κ1) is 16.6. The van der Waals surface area contributed by atoms with Crippen LogP contribution in [0.1, 0.15) is 5.56 Å². The Labute approximate surface area is 153 Å². The molecular formula is C14H9IN4O4S. The summed E-state index contributed by atoms with van der Waals surface area (Å²) >= 11 is 3.54. The molecule has 0 aliphatic rings. The lowest BCUT2D eigenvalue weighted by molar-refractivity contribution is -0.394. The Morgan fingerprint density at radius 2 is 1.75 bits per heavy atom. The van der Waals surface area contributed by atoms with Gasteiger partial charge in [-0.1, -0.05) is 11.8 Å². The summed E-state index contributed by atoms with van der Waals surface area (Å²) in [5.41, 5.74) is 1.63. The second-order valence-electron chi connectivity index (χ2n) is 4.86. The predicted octanol–water partition coefficient (Wildman–Crippen LogP) is 4.28.